The summed E-state index contributed by atoms with van der Waals surface area (Å²) >= 11 is 6.02. The van der Waals surface area contributed by atoms with Crippen LogP contribution in [0.2, 0.25) is 5.02 Å². The lowest BCUT2D eigenvalue weighted by Gasteiger charge is -2.16. The predicted octanol–water partition coefficient (Wildman–Crippen LogP) is 5.28. The van der Waals surface area contributed by atoms with Crippen LogP contribution in [0.3, 0.4) is 0 Å². The van der Waals surface area contributed by atoms with Crippen LogP contribution in [0.15, 0.2) is 48.5 Å². The summed E-state index contributed by atoms with van der Waals surface area (Å²) in [4.78, 5) is 10.9. The van der Waals surface area contributed by atoms with Gasteiger partial charge in [0.2, 0.25) is 0 Å². The molecule has 0 bridgehead atoms. The maximum Gasteiger partial charge on any atom is 0.303 e. The SMILES string of the molecule is O=C(O)CC1CCC(c2ccccc2OCc2cccc(Cl)c2)C1. The van der Waals surface area contributed by atoms with Gasteiger partial charge in [0.1, 0.15) is 12.4 Å². The molecule has 24 heavy (non-hydrogen) atoms. The number of ether oxygens (including phenoxy) is 1. The maximum atomic E-state index is 10.9. The van der Waals surface area contributed by atoms with Gasteiger partial charge in [0.05, 0.1) is 0 Å². The highest BCUT2D eigenvalue weighted by molar-refractivity contribution is 6.30. The Morgan fingerprint density at radius 2 is 2.00 bits per heavy atom. The number of aliphatic carboxylic acids is 1. The van der Waals surface area contributed by atoms with Gasteiger partial charge in [-0.1, -0.05) is 41.9 Å². The molecule has 2 unspecified atom stereocenters. The van der Waals surface area contributed by atoms with Crippen molar-refractivity contribution in [2.75, 3.05) is 0 Å². The molecule has 1 aliphatic rings. The highest BCUT2D eigenvalue weighted by atomic mass is 35.5. The molecule has 3 rings (SSSR count). The Bertz CT molecular complexity index is 714. The number of benzene rings is 2. The van der Waals surface area contributed by atoms with Crippen LogP contribution in [0.1, 0.15) is 42.7 Å². The van der Waals surface area contributed by atoms with Crippen LogP contribution in [-0.2, 0) is 11.4 Å². The largest absolute Gasteiger partial charge is 0.489 e. The smallest absolute Gasteiger partial charge is 0.303 e. The molecule has 0 saturated heterocycles. The molecule has 2 atom stereocenters. The second-order valence-corrected chi connectivity index (χ2v) is 6.87. The van der Waals surface area contributed by atoms with E-state index >= 15 is 0 Å². The second kappa shape index (κ2) is 7.71. The number of carboxylic acid groups (broad SMARTS) is 1. The minimum absolute atomic E-state index is 0.266. The van der Waals surface area contributed by atoms with Crippen molar-refractivity contribution >= 4 is 17.6 Å². The van der Waals surface area contributed by atoms with Gasteiger partial charge in [0.25, 0.3) is 0 Å². The fraction of sp³-hybridized carbons (Fsp3) is 0.350. The predicted molar refractivity (Wildman–Crippen MR) is 94.6 cm³/mol. The first-order valence-corrected chi connectivity index (χ1v) is 8.67. The Labute approximate surface area is 147 Å². The maximum absolute atomic E-state index is 10.9. The van der Waals surface area contributed by atoms with Gasteiger partial charge in [-0.2, -0.15) is 0 Å². The fourth-order valence-electron chi connectivity index (χ4n) is 3.53. The van der Waals surface area contributed by atoms with Crippen molar-refractivity contribution in [1.29, 1.82) is 0 Å². The zero-order valence-electron chi connectivity index (χ0n) is 13.5. The molecule has 4 heteroatoms. The molecule has 0 spiro atoms. The molecule has 1 saturated carbocycles. The summed E-state index contributed by atoms with van der Waals surface area (Å²) in [5.41, 5.74) is 2.22. The normalized spacial score (nSPS) is 20.0. The van der Waals surface area contributed by atoms with Crippen LogP contribution in [-0.4, -0.2) is 11.1 Å². The van der Waals surface area contributed by atoms with Crippen molar-refractivity contribution in [3.05, 3.63) is 64.7 Å². The number of hydrogen-bond donors (Lipinski definition) is 1. The van der Waals surface area contributed by atoms with Crippen LogP contribution in [0.5, 0.6) is 5.75 Å². The fourth-order valence-corrected chi connectivity index (χ4v) is 3.74. The molecular weight excluding hydrogens is 324 g/mol. The first kappa shape index (κ1) is 16.8. The third kappa shape index (κ3) is 4.30. The monoisotopic (exact) mass is 344 g/mol. The van der Waals surface area contributed by atoms with Gasteiger partial charge in [0.15, 0.2) is 0 Å². The molecule has 2 aromatic rings. The van der Waals surface area contributed by atoms with Crippen molar-refractivity contribution in [3.63, 3.8) is 0 Å². The highest BCUT2D eigenvalue weighted by Crippen LogP contribution is 2.43. The minimum atomic E-state index is -0.703. The van der Waals surface area contributed by atoms with E-state index in [9.17, 15) is 4.79 Å². The van der Waals surface area contributed by atoms with Crippen molar-refractivity contribution < 1.29 is 14.6 Å². The summed E-state index contributed by atoms with van der Waals surface area (Å²) in [6.45, 7) is 0.475. The van der Waals surface area contributed by atoms with E-state index in [4.69, 9.17) is 21.4 Å². The third-order valence-electron chi connectivity index (χ3n) is 4.65. The van der Waals surface area contributed by atoms with Gasteiger partial charge in [-0.15, -0.1) is 0 Å². The Balaban J connectivity index is 1.68. The number of para-hydroxylation sites is 1. The van der Waals surface area contributed by atoms with Crippen LogP contribution in [0, 0.1) is 5.92 Å². The number of rotatable bonds is 6. The van der Waals surface area contributed by atoms with Gasteiger partial charge >= 0.3 is 5.97 Å². The van der Waals surface area contributed by atoms with E-state index in [1.807, 2.05) is 42.5 Å². The summed E-state index contributed by atoms with van der Waals surface area (Å²) in [5.74, 6) is 0.836. The lowest BCUT2D eigenvalue weighted by atomic mass is 9.94. The van der Waals surface area contributed by atoms with E-state index in [1.165, 1.54) is 5.56 Å². The first-order chi connectivity index (χ1) is 11.6. The second-order valence-electron chi connectivity index (χ2n) is 6.43. The van der Waals surface area contributed by atoms with E-state index < -0.39 is 5.97 Å². The first-order valence-electron chi connectivity index (χ1n) is 8.30. The van der Waals surface area contributed by atoms with Crippen molar-refractivity contribution in [2.45, 2.75) is 38.2 Å². The average molecular weight is 345 g/mol. The van der Waals surface area contributed by atoms with E-state index in [-0.39, 0.29) is 12.3 Å². The van der Waals surface area contributed by atoms with Gasteiger partial charge in [-0.3, -0.25) is 4.79 Å². The molecule has 3 nitrogen and oxygen atoms in total. The van der Waals surface area contributed by atoms with E-state index in [2.05, 4.69) is 6.07 Å². The van der Waals surface area contributed by atoms with Crippen molar-refractivity contribution in [3.8, 4) is 5.75 Å². The zero-order valence-corrected chi connectivity index (χ0v) is 14.2. The molecule has 126 valence electrons. The Hall–Kier alpha value is -2.00. The molecule has 0 aromatic heterocycles. The van der Waals surface area contributed by atoms with E-state index in [1.54, 1.807) is 0 Å². The zero-order chi connectivity index (χ0) is 16.9. The van der Waals surface area contributed by atoms with Crippen LogP contribution >= 0.6 is 11.6 Å². The quantitative estimate of drug-likeness (QED) is 0.775. The van der Waals surface area contributed by atoms with Crippen molar-refractivity contribution in [2.24, 2.45) is 5.92 Å². The average Bonchev–Trinajstić information content (AvgIpc) is 3.01. The molecule has 1 aliphatic carbocycles. The number of halogens is 1. The number of hydrogen-bond acceptors (Lipinski definition) is 2. The summed E-state index contributed by atoms with van der Waals surface area (Å²) in [7, 11) is 0. The Morgan fingerprint density at radius 1 is 1.17 bits per heavy atom. The van der Waals surface area contributed by atoms with E-state index in [0.29, 0.717) is 17.5 Å². The lowest BCUT2D eigenvalue weighted by Crippen LogP contribution is -2.05. The molecule has 0 aliphatic heterocycles. The summed E-state index contributed by atoms with van der Waals surface area (Å²) in [6.07, 6.45) is 3.18. The molecule has 0 amide bonds. The standard InChI is InChI=1S/C20H21ClO3/c21-17-5-3-4-15(11-17)13-24-19-7-2-1-6-18(19)16-9-8-14(10-16)12-20(22)23/h1-7,11,14,16H,8-10,12-13H2,(H,22,23). The van der Waals surface area contributed by atoms with Gasteiger partial charge in [-0.05, 0) is 60.4 Å². The van der Waals surface area contributed by atoms with E-state index in [0.717, 1.165) is 30.6 Å². The van der Waals surface area contributed by atoms with Gasteiger partial charge in [-0.25, -0.2) is 0 Å². The van der Waals surface area contributed by atoms with Crippen LogP contribution in [0.25, 0.3) is 0 Å². The van der Waals surface area contributed by atoms with Crippen LogP contribution < -0.4 is 4.74 Å². The van der Waals surface area contributed by atoms with Gasteiger partial charge < -0.3 is 9.84 Å². The lowest BCUT2D eigenvalue weighted by molar-refractivity contribution is -0.138. The Kier molecular flexibility index (Phi) is 5.41. The molecule has 0 heterocycles. The summed E-state index contributed by atoms with van der Waals surface area (Å²) in [6, 6.07) is 15.7. The minimum Gasteiger partial charge on any atom is -0.489 e. The topological polar surface area (TPSA) is 46.5 Å². The molecule has 1 fully saturated rings. The van der Waals surface area contributed by atoms with Gasteiger partial charge in [0, 0.05) is 11.4 Å². The molecular formula is C20H21ClO3. The van der Waals surface area contributed by atoms with Crippen molar-refractivity contribution in [1.82, 2.24) is 0 Å². The number of carbonyl (C=O) groups is 1. The van der Waals surface area contributed by atoms with Crippen LogP contribution in [0.4, 0.5) is 0 Å². The molecule has 0 radical (unpaired) electrons. The number of carboxylic acids is 1. The third-order valence-corrected chi connectivity index (χ3v) is 4.88. The summed E-state index contributed by atoms with van der Waals surface area (Å²) < 4.78 is 6.03. The summed E-state index contributed by atoms with van der Waals surface area (Å²) in [5, 5.41) is 9.69. The Morgan fingerprint density at radius 3 is 2.79 bits per heavy atom. The highest BCUT2D eigenvalue weighted by Gasteiger charge is 2.29. The molecule has 2 aromatic carbocycles. The molecule has 1 N–H and O–H groups in total.